The third-order valence-corrected chi connectivity index (χ3v) is 3.87. The first kappa shape index (κ1) is 18.6. The summed E-state index contributed by atoms with van der Waals surface area (Å²) in [5.41, 5.74) is 1.62. The minimum absolute atomic E-state index is 0.183. The molecule has 0 bridgehead atoms. The van der Waals surface area contributed by atoms with E-state index in [0.717, 1.165) is 11.8 Å². The third-order valence-electron chi connectivity index (χ3n) is 3.28. The number of nitrogens with one attached hydrogen (secondary N) is 2. The maximum Gasteiger partial charge on any atom is 0.229 e. The van der Waals surface area contributed by atoms with Crippen molar-refractivity contribution in [2.45, 2.75) is 6.42 Å². The number of methoxy groups -OCH3 is 2. The number of carbonyl (C=O) groups excluding carboxylic acids is 1. The number of carbonyl (C=O) groups is 1. The van der Waals surface area contributed by atoms with Gasteiger partial charge in [-0.15, -0.1) is 0 Å². The van der Waals surface area contributed by atoms with Crippen molar-refractivity contribution in [2.24, 2.45) is 0 Å². The predicted octanol–water partition coefficient (Wildman–Crippen LogP) is 2.26. The maximum absolute atomic E-state index is 12.2. The molecule has 0 saturated heterocycles. The number of benzene rings is 2. The van der Waals surface area contributed by atoms with Crippen molar-refractivity contribution in [3.05, 3.63) is 48.0 Å². The van der Waals surface area contributed by atoms with Gasteiger partial charge in [0, 0.05) is 11.8 Å². The standard InChI is InChI=1S/C17H20N2O5S/c1-23-14-6-4-5-12(9-14)10-17(20)18-13-7-8-15(16(11-13)24-2)19-25(3,21)22/h4-9,11,19H,10H2,1-3H3,(H,18,20). The van der Waals surface area contributed by atoms with E-state index in [4.69, 9.17) is 9.47 Å². The third kappa shape index (κ3) is 5.68. The zero-order valence-electron chi connectivity index (χ0n) is 14.2. The van der Waals surface area contributed by atoms with Crippen LogP contribution in [0.15, 0.2) is 42.5 Å². The van der Waals surface area contributed by atoms with Gasteiger partial charge >= 0.3 is 0 Å². The predicted molar refractivity (Wildman–Crippen MR) is 96.8 cm³/mol. The van der Waals surface area contributed by atoms with Crippen molar-refractivity contribution >= 4 is 27.3 Å². The minimum atomic E-state index is -3.42. The number of ether oxygens (including phenoxy) is 2. The Bertz CT molecular complexity index is 865. The van der Waals surface area contributed by atoms with Gasteiger partial charge in [-0.05, 0) is 29.8 Å². The fourth-order valence-corrected chi connectivity index (χ4v) is 2.79. The minimum Gasteiger partial charge on any atom is -0.497 e. The van der Waals surface area contributed by atoms with E-state index in [-0.39, 0.29) is 12.3 Å². The van der Waals surface area contributed by atoms with E-state index >= 15 is 0 Å². The average molecular weight is 364 g/mol. The molecule has 0 aliphatic heterocycles. The molecule has 0 atom stereocenters. The average Bonchev–Trinajstić information content (AvgIpc) is 2.55. The maximum atomic E-state index is 12.2. The number of hydrogen-bond donors (Lipinski definition) is 2. The second-order valence-electron chi connectivity index (χ2n) is 5.37. The molecular formula is C17H20N2O5S. The van der Waals surface area contributed by atoms with Gasteiger partial charge < -0.3 is 14.8 Å². The SMILES string of the molecule is COc1cccc(CC(=O)Nc2ccc(NS(C)(=O)=O)c(OC)c2)c1. The lowest BCUT2D eigenvalue weighted by molar-refractivity contribution is -0.115. The van der Waals surface area contributed by atoms with Crippen LogP contribution in [0.1, 0.15) is 5.56 Å². The van der Waals surface area contributed by atoms with Gasteiger partial charge in [-0.1, -0.05) is 12.1 Å². The van der Waals surface area contributed by atoms with Crippen LogP contribution in [0.2, 0.25) is 0 Å². The highest BCUT2D eigenvalue weighted by Crippen LogP contribution is 2.28. The van der Waals surface area contributed by atoms with Gasteiger partial charge in [-0.2, -0.15) is 0 Å². The summed E-state index contributed by atoms with van der Waals surface area (Å²) in [6.07, 6.45) is 1.24. The fourth-order valence-electron chi connectivity index (χ4n) is 2.23. The molecule has 7 nitrogen and oxygen atoms in total. The molecule has 25 heavy (non-hydrogen) atoms. The molecular weight excluding hydrogens is 344 g/mol. The molecule has 0 aliphatic carbocycles. The van der Waals surface area contributed by atoms with E-state index in [9.17, 15) is 13.2 Å². The smallest absolute Gasteiger partial charge is 0.229 e. The molecule has 2 aromatic carbocycles. The van der Waals surface area contributed by atoms with Gasteiger partial charge in [0.05, 0.1) is 32.6 Å². The Kier molecular flexibility index (Phi) is 5.87. The van der Waals surface area contributed by atoms with Gasteiger partial charge in [0.2, 0.25) is 15.9 Å². The van der Waals surface area contributed by atoms with Crippen LogP contribution >= 0.6 is 0 Å². The second-order valence-corrected chi connectivity index (χ2v) is 7.11. The summed E-state index contributed by atoms with van der Waals surface area (Å²) in [5, 5.41) is 2.76. The Balaban J connectivity index is 2.10. The highest BCUT2D eigenvalue weighted by Gasteiger charge is 2.11. The molecule has 0 radical (unpaired) electrons. The van der Waals surface area contributed by atoms with Gasteiger partial charge in [-0.25, -0.2) is 8.42 Å². The molecule has 2 N–H and O–H groups in total. The Morgan fingerprint density at radius 3 is 2.48 bits per heavy atom. The van der Waals surface area contributed by atoms with E-state index in [2.05, 4.69) is 10.0 Å². The van der Waals surface area contributed by atoms with Gasteiger partial charge in [0.1, 0.15) is 11.5 Å². The summed E-state index contributed by atoms with van der Waals surface area (Å²) in [6.45, 7) is 0. The van der Waals surface area contributed by atoms with E-state index in [1.54, 1.807) is 31.4 Å². The normalized spacial score (nSPS) is 10.8. The second kappa shape index (κ2) is 7.89. The first-order chi connectivity index (χ1) is 11.8. The zero-order chi connectivity index (χ0) is 18.4. The molecule has 0 heterocycles. The molecule has 0 fully saturated rings. The first-order valence-corrected chi connectivity index (χ1v) is 9.28. The summed E-state index contributed by atoms with van der Waals surface area (Å²) in [7, 11) is -0.434. The van der Waals surface area contributed by atoms with Gasteiger partial charge in [0.25, 0.3) is 0 Å². The number of anilines is 2. The largest absolute Gasteiger partial charge is 0.497 e. The molecule has 8 heteroatoms. The summed E-state index contributed by atoms with van der Waals surface area (Å²) in [5.74, 6) is 0.784. The molecule has 0 aromatic heterocycles. The Morgan fingerprint density at radius 2 is 1.84 bits per heavy atom. The topological polar surface area (TPSA) is 93.7 Å². The van der Waals surface area contributed by atoms with Crippen molar-refractivity contribution in [1.29, 1.82) is 0 Å². The molecule has 0 saturated carbocycles. The highest BCUT2D eigenvalue weighted by atomic mass is 32.2. The highest BCUT2D eigenvalue weighted by molar-refractivity contribution is 7.92. The summed E-state index contributed by atoms with van der Waals surface area (Å²) in [4.78, 5) is 12.2. The number of amides is 1. The van der Waals surface area contributed by atoms with Crippen LogP contribution < -0.4 is 19.5 Å². The lowest BCUT2D eigenvalue weighted by Crippen LogP contribution is -2.15. The van der Waals surface area contributed by atoms with Crippen molar-refractivity contribution in [3.63, 3.8) is 0 Å². The van der Waals surface area contributed by atoms with Gasteiger partial charge in [0.15, 0.2) is 0 Å². The summed E-state index contributed by atoms with van der Waals surface area (Å²) in [6, 6.07) is 11.9. The quantitative estimate of drug-likeness (QED) is 0.786. The van der Waals surface area contributed by atoms with Crippen LogP contribution in [0.25, 0.3) is 0 Å². The van der Waals surface area contributed by atoms with E-state index < -0.39 is 10.0 Å². The summed E-state index contributed by atoms with van der Waals surface area (Å²) < 4.78 is 35.3. The van der Waals surface area contributed by atoms with E-state index in [1.165, 1.54) is 13.2 Å². The Labute approximate surface area is 147 Å². The monoisotopic (exact) mass is 364 g/mol. The summed E-state index contributed by atoms with van der Waals surface area (Å²) >= 11 is 0. The molecule has 1 amide bonds. The van der Waals surface area contributed by atoms with Crippen LogP contribution in [0, 0.1) is 0 Å². The van der Waals surface area contributed by atoms with Crippen LogP contribution in [0.5, 0.6) is 11.5 Å². The Hall–Kier alpha value is -2.74. The van der Waals surface area contributed by atoms with E-state index in [0.29, 0.717) is 22.9 Å². The molecule has 0 spiro atoms. The molecule has 134 valence electrons. The van der Waals surface area contributed by atoms with Crippen molar-refractivity contribution < 1.29 is 22.7 Å². The van der Waals surface area contributed by atoms with Crippen LogP contribution in [-0.2, 0) is 21.2 Å². The molecule has 0 unspecified atom stereocenters. The van der Waals surface area contributed by atoms with Gasteiger partial charge in [-0.3, -0.25) is 9.52 Å². The molecule has 0 aliphatic rings. The van der Waals surface area contributed by atoms with Crippen molar-refractivity contribution in [1.82, 2.24) is 0 Å². The number of rotatable bonds is 7. The van der Waals surface area contributed by atoms with Crippen LogP contribution in [0.4, 0.5) is 11.4 Å². The van der Waals surface area contributed by atoms with E-state index in [1.807, 2.05) is 12.1 Å². The lowest BCUT2D eigenvalue weighted by Gasteiger charge is -2.12. The molecule has 2 aromatic rings. The fraction of sp³-hybridized carbons (Fsp3) is 0.235. The first-order valence-electron chi connectivity index (χ1n) is 7.39. The number of hydrogen-bond acceptors (Lipinski definition) is 5. The molecule has 2 rings (SSSR count). The van der Waals surface area contributed by atoms with Crippen molar-refractivity contribution in [3.8, 4) is 11.5 Å². The number of sulfonamides is 1. The van der Waals surface area contributed by atoms with Crippen LogP contribution in [0.3, 0.4) is 0 Å². The zero-order valence-corrected chi connectivity index (χ0v) is 15.0. The Morgan fingerprint density at radius 1 is 1.08 bits per heavy atom. The lowest BCUT2D eigenvalue weighted by atomic mass is 10.1. The van der Waals surface area contributed by atoms with Crippen molar-refractivity contribution in [2.75, 3.05) is 30.5 Å². The van der Waals surface area contributed by atoms with Crippen LogP contribution in [-0.4, -0.2) is 34.8 Å².